The smallest absolute Gasteiger partial charge is 0.151 e. The maximum absolute atomic E-state index is 10.5. The predicted octanol–water partition coefficient (Wildman–Crippen LogP) is -0.777. The zero-order valence-corrected chi connectivity index (χ0v) is 8.10. The highest BCUT2D eigenvalue weighted by molar-refractivity contribution is 5.57. The highest BCUT2D eigenvalue weighted by Gasteiger charge is 2.29. The highest BCUT2D eigenvalue weighted by Crippen LogP contribution is 2.08. The molecule has 0 radical (unpaired) electrons. The number of aliphatic hydroxyl groups is 1. The molecule has 0 aliphatic rings. The van der Waals surface area contributed by atoms with Gasteiger partial charge >= 0.3 is 0 Å². The van der Waals surface area contributed by atoms with Crippen LogP contribution in [0.4, 0.5) is 0 Å². The first-order valence-electron chi connectivity index (χ1n) is 3.89. The van der Waals surface area contributed by atoms with Gasteiger partial charge in [0.1, 0.15) is 18.3 Å². The van der Waals surface area contributed by atoms with Gasteiger partial charge in [-0.3, -0.25) is 0 Å². The Morgan fingerprint density at radius 3 is 2.08 bits per heavy atom. The molecular weight excluding hydrogens is 176 g/mol. The third kappa shape index (κ3) is 3.40. The van der Waals surface area contributed by atoms with Crippen LogP contribution in [0, 0.1) is 0 Å². The summed E-state index contributed by atoms with van der Waals surface area (Å²) < 4.78 is 14.8. The van der Waals surface area contributed by atoms with Gasteiger partial charge in [0.25, 0.3) is 0 Å². The van der Waals surface area contributed by atoms with Crippen LogP contribution in [0.25, 0.3) is 0 Å². The molecule has 5 heteroatoms. The van der Waals surface area contributed by atoms with Crippen molar-refractivity contribution in [2.75, 3.05) is 27.9 Å². The Morgan fingerprint density at radius 1 is 1.23 bits per heavy atom. The SMILES string of the molecule is CO[C@@H]([C@H](C=O)OC)[C@@H](CO)OC. The lowest BCUT2D eigenvalue weighted by Gasteiger charge is -2.26. The number of aldehydes is 1. The van der Waals surface area contributed by atoms with Gasteiger partial charge < -0.3 is 24.1 Å². The Bertz CT molecular complexity index is 134. The summed E-state index contributed by atoms with van der Waals surface area (Å²) in [5.41, 5.74) is 0. The Hall–Kier alpha value is -0.490. The molecule has 0 spiro atoms. The minimum Gasteiger partial charge on any atom is -0.394 e. The summed E-state index contributed by atoms with van der Waals surface area (Å²) in [6, 6.07) is 0. The van der Waals surface area contributed by atoms with Crippen LogP contribution in [-0.4, -0.2) is 57.6 Å². The molecule has 0 saturated heterocycles. The van der Waals surface area contributed by atoms with Crippen LogP contribution >= 0.6 is 0 Å². The molecule has 3 atom stereocenters. The fraction of sp³-hybridized carbons (Fsp3) is 0.875. The second kappa shape index (κ2) is 6.97. The minimum absolute atomic E-state index is 0.220. The van der Waals surface area contributed by atoms with Crippen LogP contribution < -0.4 is 0 Å². The quantitative estimate of drug-likeness (QED) is 0.536. The summed E-state index contributed by atoms with van der Waals surface area (Å²) in [6.07, 6.45) is -1.24. The lowest BCUT2D eigenvalue weighted by molar-refractivity contribution is -0.140. The molecule has 0 saturated carbocycles. The van der Waals surface area contributed by atoms with Crippen molar-refractivity contribution in [3.63, 3.8) is 0 Å². The third-order valence-electron chi connectivity index (χ3n) is 1.85. The van der Waals surface area contributed by atoms with E-state index in [9.17, 15) is 4.79 Å². The van der Waals surface area contributed by atoms with Gasteiger partial charge in [-0.05, 0) is 0 Å². The lowest BCUT2D eigenvalue weighted by Crippen LogP contribution is -2.44. The van der Waals surface area contributed by atoms with Crippen LogP contribution in [0.2, 0.25) is 0 Å². The lowest BCUT2D eigenvalue weighted by atomic mass is 10.1. The van der Waals surface area contributed by atoms with E-state index in [0.717, 1.165) is 0 Å². The van der Waals surface area contributed by atoms with E-state index in [1.165, 1.54) is 21.3 Å². The molecule has 78 valence electrons. The predicted molar refractivity (Wildman–Crippen MR) is 45.5 cm³/mol. The molecule has 0 fully saturated rings. The summed E-state index contributed by atoms with van der Waals surface area (Å²) >= 11 is 0. The largest absolute Gasteiger partial charge is 0.394 e. The molecule has 0 aromatic heterocycles. The number of rotatable bonds is 7. The summed E-state index contributed by atoms with van der Waals surface area (Å²) in [5, 5.41) is 8.89. The van der Waals surface area contributed by atoms with E-state index in [0.29, 0.717) is 6.29 Å². The molecule has 0 unspecified atom stereocenters. The number of carbonyl (C=O) groups excluding carboxylic acids is 1. The standard InChI is InChI=1S/C8H16O5/c1-11-6(4-9)8(13-3)7(5-10)12-2/h4,6-8,10H,5H2,1-3H3/t6-,7+,8-/m0/s1. The molecule has 0 amide bonds. The van der Waals surface area contributed by atoms with Gasteiger partial charge in [-0.15, -0.1) is 0 Å². The first-order valence-corrected chi connectivity index (χ1v) is 3.89. The highest BCUT2D eigenvalue weighted by atomic mass is 16.6. The van der Waals surface area contributed by atoms with Crippen molar-refractivity contribution in [2.24, 2.45) is 0 Å². The molecule has 0 aromatic carbocycles. The second-order valence-corrected chi connectivity index (χ2v) is 2.49. The van der Waals surface area contributed by atoms with Crippen LogP contribution in [0.3, 0.4) is 0 Å². The topological polar surface area (TPSA) is 65.0 Å². The van der Waals surface area contributed by atoms with Gasteiger partial charge in [0.15, 0.2) is 6.29 Å². The van der Waals surface area contributed by atoms with E-state index in [4.69, 9.17) is 19.3 Å². The number of methoxy groups -OCH3 is 3. The third-order valence-corrected chi connectivity index (χ3v) is 1.85. The normalized spacial score (nSPS) is 17.8. The van der Waals surface area contributed by atoms with Gasteiger partial charge in [0.05, 0.1) is 6.61 Å². The first kappa shape index (κ1) is 12.5. The molecule has 0 aromatic rings. The van der Waals surface area contributed by atoms with Crippen LogP contribution in [0.15, 0.2) is 0 Å². The second-order valence-electron chi connectivity index (χ2n) is 2.49. The summed E-state index contributed by atoms with van der Waals surface area (Å²) in [5.74, 6) is 0. The summed E-state index contributed by atoms with van der Waals surface area (Å²) in [4.78, 5) is 10.5. The maximum atomic E-state index is 10.5. The van der Waals surface area contributed by atoms with Gasteiger partial charge in [-0.1, -0.05) is 0 Å². The Morgan fingerprint density at radius 2 is 1.85 bits per heavy atom. The Balaban J connectivity index is 4.34. The molecule has 0 heterocycles. The van der Waals surface area contributed by atoms with E-state index in [1.807, 2.05) is 0 Å². The van der Waals surface area contributed by atoms with E-state index >= 15 is 0 Å². The zero-order valence-electron chi connectivity index (χ0n) is 8.10. The molecule has 0 aliphatic heterocycles. The maximum Gasteiger partial charge on any atom is 0.151 e. The number of aliphatic hydroxyl groups excluding tert-OH is 1. The fourth-order valence-electron chi connectivity index (χ4n) is 1.08. The van der Waals surface area contributed by atoms with Crippen molar-refractivity contribution in [1.82, 2.24) is 0 Å². The fourth-order valence-corrected chi connectivity index (χ4v) is 1.08. The molecule has 0 bridgehead atoms. The minimum atomic E-state index is -0.720. The number of carbonyl (C=O) groups is 1. The zero-order chi connectivity index (χ0) is 10.3. The van der Waals surface area contributed by atoms with Crippen LogP contribution in [0.1, 0.15) is 0 Å². The molecule has 5 nitrogen and oxygen atoms in total. The van der Waals surface area contributed by atoms with Gasteiger partial charge in [0, 0.05) is 21.3 Å². The van der Waals surface area contributed by atoms with E-state index < -0.39 is 18.3 Å². The van der Waals surface area contributed by atoms with E-state index in [1.54, 1.807) is 0 Å². The molecule has 0 aliphatic carbocycles. The number of ether oxygens (including phenoxy) is 3. The van der Waals surface area contributed by atoms with Gasteiger partial charge in [-0.2, -0.15) is 0 Å². The molecular formula is C8H16O5. The van der Waals surface area contributed by atoms with Gasteiger partial charge in [-0.25, -0.2) is 0 Å². The average Bonchev–Trinajstić information content (AvgIpc) is 2.18. The van der Waals surface area contributed by atoms with Crippen LogP contribution in [-0.2, 0) is 19.0 Å². The first-order chi connectivity index (χ1) is 6.24. The van der Waals surface area contributed by atoms with Gasteiger partial charge in [0.2, 0.25) is 0 Å². The van der Waals surface area contributed by atoms with Crippen molar-refractivity contribution in [3.05, 3.63) is 0 Å². The Kier molecular flexibility index (Phi) is 6.70. The van der Waals surface area contributed by atoms with E-state index in [-0.39, 0.29) is 6.61 Å². The average molecular weight is 192 g/mol. The van der Waals surface area contributed by atoms with Crippen molar-refractivity contribution in [2.45, 2.75) is 18.3 Å². The number of hydrogen-bond acceptors (Lipinski definition) is 5. The summed E-state index contributed by atoms with van der Waals surface area (Å²) in [7, 11) is 4.27. The van der Waals surface area contributed by atoms with Crippen molar-refractivity contribution in [3.8, 4) is 0 Å². The van der Waals surface area contributed by atoms with E-state index in [2.05, 4.69) is 0 Å². The number of hydrogen-bond donors (Lipinski definition) is 1. The van der Waals surface area contributed by atoms with Crippen molar-refractivity contribution in [1.29, 1.82) is 0 Å². The monoisotopic (exact) mass is 192 g/mol. The van der Waals surface area contributed by atoms with Crippen molar-refractivity contribution >= 4 is 6.29 Å². The molecule has 13 heavy (non-hydrogen) atoms. The summed E-state index contributed by atoms with van der Waals surface area (Å²) in [6.45, 7) is -0.220. The molecule has 0 rings (SSSR count). The molecule has 1 N–H and O–H groups in total. The van der Waals surface area contributed by atoms with Crippen LogP contribution in [0.5, 0.6) is 0 Å². The van der Waals surface area contributed by atoms with Crippen molar-refractivity contribution < 1.29 is 24.1 Å². The Labute approximate surface area is 77.6 Å².